The third kappa shape index (κ3) is 2.75. The van der Waals surface area contributed by atoms with Gasteiger partial charge >= 0.3 is 5.97 Å². The molecule has 0 bridgehead atoms. The normalized spacial score (nSPS) is 12.0. The van der Waals surface area contributed by atoms with Gasteiger partial charge in [-0.1, -0.05) is 12.1 Å². The van der Waals surface area contributed by atoms with Gasteiger partial charge in [0.1, 0.15) is 0 Å². The van der Waals surface area contributed by atoms with Crippen molar-refractivity contribution in [3.8, 4) is 0 Å². The van der Waals surface area contributed by atoms with Gasteiger partial charge in [-0.2, -0.15) is 0 Å². The van der Waals surface area contributed by atoms with Crippen LogP contribution in [0.4, 0.5) is 5.69 Å². The molecule has 0 saturated heterocycles. The fraction of sp³-hybridized carbons (Fsp3) is 0.462. The predicted molar refractivity (Wildman–Crippen MR) is 65.8 cm³/mol. The molecule has 0 heterocycles. The first-order valence-electron chi connectivity index (χ1n) is 5.55. The lowest BCUT2D eigenvalue weighted by Gasteiger charge is -2.13. The van der Waals surface area contributed by atoms with E-state index >= 15 is 0 Å². The molecule has 0 fully saturated rings. The molecule has 1 unspecified atom stereocenters. The van der Waals surface area contributed by atoms with Gasteiger partial charge in [0.15, 0.2) is 0 Å². The Morgan fingerprint density at radius 2 is 2.19 bits per heavy atom. The molecule has 1 rings (SSSR count). The van der Waals surface area contributed by atoms with E-state index in [-0.39, 0.29) is 11.9 Å². The minimum absolute atomic E-state index is 0.167. The van der Waals surface area contributed by atoms with Crippen LogP contribution in [-0.2, 0) is 9.53 Å². The van der Waals surface area contributed by atoms with Crippen molar-refractivity contribution in [2.24, 2.45) is 0 Å². The van der Waals surface area contributed by atoms with E-state index in [4.69, 9.17) is 4.74 Å². The summed E-state index contributed by atoms with van der Waals surface area (Å²) < 4.78 is 5.00. The molecule has 0 radical (unpaired) electrons. The second-order valence-corrected chi connectivity index (χ2v) is 3.80. The molecule has 3 nitrogen and oxygen atoms in total. The first-order valence-corrected chi connectivity index (χ1v) is 5.55. The highest BCUT2D eigenvalue weighted by Crippen LogP contribution is 2.22. The van der Waals surface area contributed by atoms with Gasteiger partial charge in [-0.05, 0) is 38.0 Å². The molecule has 0 aliphatic rings. The number of carbonyl (C=O) groups is 1. The summed E-state index contributed by atoms with van der Waals surface area (Å²) in [5, 5.41) is 3.10. The first-order chi connectivity index (χ1) is 7.60. The first kappa shape index (κ1) is 12.6. The van der Waals surface area contributed by atoms with Crippen molar-refractivity contribution >= 4 is 11.7 Å². The Bertz CT molecular complexity index is 374. The molecule has 88 valence electrons. The molecule has 0 aliphatic carbocycles. The Morgan fingerprint density at radius 1 is 1.50 bits per heavy atom. The second-order valence-electron chi connectivity index (χ2n) is 3.80. The maximum Gasteiger partial charge on any atom is 0.313 e. The number of esters is 1. The largest absolute Gasteiger partial charge is 0.466 e. The van der Waals surface area contributed by atoms with E-state index in [2.05, 4.69) is 5.32 Å². The SMILES string of the molecule is CCOC(=O)C(C)c1ccc(NC)c(C)c1. The minimum atomic E-state index is -0.204. The van der Waals surface area contributed by atoms with Gasteiger partial charge in [-0.3, -0.25) is 4.79 Å². The van der Waals surface area contributed by atoms with E-state index in [1.165, 1.54) is 0 Å². The number of benzene rings is 1. The van der Waals surface area contributed by atoms with Crippen LogP contribution in [0.25, 0.3) is 0 Å². The number of hydrogen-bond donors (Lipinski definition) is 1. The number of anilines is 1. The number of hydrogen-bond acceptors (Lipinski definition) is 3. The van der Waals surface area contributed by atoms with Crippen molar-refractivity contribution in [3.05, 3.63) is 29.3 Å². The Morgan fingerprint density at radius 3 is 2.69 bits per heavy atom. The molecule has 1 N–H and O–H groups in total. The predicted octanol–water partition coefficient (Wildman–Crippen LogP) is 2.70. The Labute approximate surface area is 96.8 Å². The van der Waals surface area contributed by atoms with E-state index < -0.39 is 0 Å². The van der Waals surface area contributed by atoms with Gasteiger partial charge in [0, 0.05) is 12.7 Å². The summed E-state index contributed by atoms with van der Waals surface area (Å²) in [5.41, 5.74) is 3.21. The minimum Gasteiger partial charge on any atom is -0.466 e. The Hall–Kier alpha value is -1.51. The fourth-order valence-corrected chi connectivity index (χ4v) is 1.64. The zero-order chi connectivity index (χ0) is 12.1. The molecule has 0 saturated carbocycles. The zero-order valence-corrected chi connectivity index (χ0v) is 10.3. The van der Waals surface area contributed by atoms with Crippen LogP contribution in [0.5, 0.6) is 0 Å². The molecule has 1 aromatic rings. The lowest BCUT2D eigenvalue weighted by Crippen LogP contribution is -2.13. The third-order valence-electron chi connectivity index (χ3n) is 2.66. The van der Waals surface area contributed by atoms with Crippen LogP contribution >= 0.6 is 0 Å². The molecule has 0 aromatic heterocycles. The average Bonchev–Trinajstić information content (AvgIpc) is 2.28. The summed E-state index contributed by atoms with van der Waals surface area (Å²) in [5.74, 6) is -0.372. The second kappa shape index (κ2) is 5.54. The van der Waals surface area contributed by atoms with Crippen LogP contribution in [0.2, 0.25) is 0 Å². The van der Waals surface area contributed by atoms with Gasteiger partial charge in [-0.15, -0.1) is 0 Å². The lowest BCUT2D eigenvalue weighted by molar-refractivity contribution is -0.144. The van der Waals surface area contributed by atoms with E-state index in [0.29, 0.717) is 6.61 Å². The summed E-state index contributed by atoms with van der Waals surface area (Å²) in [4.78, 5) is 11.6. The topological polar surface area (TPSA) is 38.3 Å². The number of nitrogens with one attached hydrogen (secondary N) is 1. The van der Waals surface area contributed by atoms with Gasteiger partial charge in [0.25, 0.3) is 0 Å². The number of ether oxygens (including phenoxy) is 1. The van der Waals surface area contributed by atoms with Crippen molar-refractivity contribution in [1.82, 2.24) is 0 Å². The van der Waals surface area contributed by atoms with Crippen molar-refractivity contribution in [2.75, 3.05) is 19.0 Å². The van der Waals surface area contributed by atoms with Crippen molar-refractivity contribution < 1.29 is 9.53 Å². The molecule has 1 aromatic carbocycles. The molecular weight excluding hydrogens is 202 g/mol. The van der Waals surface area contributed by atoms with E-state index in [0.717, 1.165) is 16.8 Å². The molecule has 3 heteroatoms. The van der Waals surface area contributed by atoms with Gasteiger partial charge < -0.3 is 10.1 Å². The number of aryl methyl sites for hydroxylation is 1. The highest BCUT2D eigenvalue weighted by atomic mass is 16.5. The van der Waals surface area contributed by atoms with Crippen LogP contribution < -0.4 is 5.32 Å². The zero-order valence-electron chi connectivity index (χ0n) is 10.3. The molecule has 16 heavy (non-hydrogen) atoms. The van der Waals surface area contributed by atoms with E-state index in [1.54, 1.807) is 0 Å². The van der Waals surface area contributed by atoms with Crippen LogP contribution in [0.3, 0.4) is 0 Å². The third-order valence-corrected chi connectivity index (χ3v) is 2.66. The maximum atomic E-state index is 11.6. The molecule has 0 aliphatic heterocycles. The smallest absolute Gasteiger partial charge is 0.313 e. The van der Waals surface area contributed by atoms with Crippen LogP contribution in [0.15, 0.2) is 18.2 Å². The average molecular weight is 221 g/mol. The van der Waals surface area contributed by atoms with Crippen LogP contribution in [-0.4, -0.2) is 19.6 Å². The summed E-state index contributed by atoms with van der Waals surface area (Å²) in [6.45, 7) is 6.13. The van der Waals surface area contributed by atoms with E-state index in [1.807, 2.05) is 46.0 Å². The highest BCUT2D eigenvalue weighted by molar-refractivity contribution is 5.78. The van der Waals surface area contributed by atoms with E-state index in [9.17, 15) is 4.79 Å². The molecule has 1 atom stereocenters. The van der Waals surface area contributed by atoms with Crippen molar-refractivity contribution in [3.63, 3.8) is 0 Å². The van der Waals surface area contributed by atoms with Crippen LogP contribution in [0.1, 0.15) is 30.9 Å². The van der Waals surface area contributed by atoms with Crippen molar-refractivity contribution in [2.45, 2.75) is 26.7 Å². The summed E-state index contributed by atoms with van der Waals surface area (Å²) >= 11 is 0. The highest BCUT2D eigenvalue weighted by Gasteiger charge is 2.16. The summed E-state index contributed by atoms with van der Waals surface area (Å²) in [7, 11) is 1.89. The Balaban J connectivity index is 2.88. The quantitative estimate of drug-likeness (QED) is 0.794. The molecular formula is C13H19NO2. The lowest BCUT2D eigenvalue weighted by atomic mass is 9.98. The standard InChI is InChI=1S/C13H19NO2/c1-5-16-13(15)10(3)11-6-7-12(14-4)9(2)8-11/h6-8,10,14H,5H2,1-4H3. The maximum absolute atomic E-state index is 11.6. The Kier molecular flexibility index (Phi) is 4.35. The van der Waals surface area contributed by atoms with Gasteiger partial charge in [-0.25, -0.2) is 0 Å². The van der Waals surface area contributed by atoms with Crippen molar-refractivity contribution in [1.29, 1.82) is 0 Å². The number of carbonyl (C=O) groups excluding carboxylic acids is 1. The monoisotopic (exact) mass is 221 g/mol. The van der Waals surface area contributed by atoms with Gasteiger partial charge in [0.05, 0.1) is 12.5 Å². The fourth-order valence-electron chi connectivity index (χ4n) is 1.64. The molecule has 0 spiro atoms. The summed E-state index contributed by atoms with van der Waals surface area (Å²) in [6.07, 6.45) is 0. The van der Waals surface area contributed by atoms with Crippen LogP contribution in [0, 0.1) is 6.92 Å². The van der Waals surface area contributed by atoms with Gasteiger partial charge in [0.2, 0.25) is 0 Å². The molecule has 0 amide bonds. The number of rotatable bonds is 4. The summed E-state index contributed by atoms with van der Waals surface area (Å²) in [6, 6.07) is 5.97.